The number of carbonyl (C=O) groups excluding carboxylic acids is 1. The summed E-state index contributed by atoms with van der Waals surface area (Å²) in [6.45, 7) is 7.24. The molecule has 12 atom stereocenters. The van der Waals surface area contributed by atoms with Gasteiger partial charge in [-0.3, -0.25) is 9.59 Å². The van der Waals surface area contributed by atoms with Crippen LogP contribution in [0.5, 0.6) is 0 Å². The Balaban J connectivity index is 2.16. The van der Waals surface area contributed by atoms with Crippen molar-refractivity contribution in [3.8, 4) is 0 Å². The predicted molar refractivity (Wildman–Crippen MR) is 162 cm³/mol. The molecule has 0 saturated carbocycles. The smallest absolute Gasteiger partial charge is 0.308 e. The fourth-order valence-corrected chi connectivity index (χ4v) is 5.71. The summed E-state index contributed by atoms with van der Waals surface area (Å²) < 4.78 is 29.1. The summed E-state index contributed by atoms with van der Waals surface area (Å²) >= 11 is 0. The Kier molecular flexibility index (Phi) is 18.3. The molecule has 0 aromatic heterocycles. The van der Waals surface area contributed by atoms with Gasteiger partial charge in [0.25, 0.3) is 0 Å². The molecule has 2 aliphatic heterocycles. The molecule has 0 aliphatic carbocycles. The van der Waals surface area contributed by atoms with Crippen LogP contribution in [0.15, 0.2) is 0 Å². The van der Waals surface area contributed by atoms with Gasteiger partial charge in [0, 0.05) is 0 Å². The molecule has 2 aliphatic rings. The predicted octanol–water partition coefficient (Wildman–Crippen LogP) is 2.55. The van der Waals surface area contributed by atoms with Gasteiger partial charge in [-0.2, -0.15) is 0 Å². The van der Waals surface area contributed by atoms with Gasteiger partial charge in [-0.1, -0.05) is 71.6 Å². The third kappa shape index (κ3) is 13.3. The summed E-state index contributed by atoms with van der Waals surface area (Å²) in [4.78, 5) is 24.6. The maximum Gasteiger partial charge on any atom is 0.308 e. The average Bonchev–Trinajstić information content (AvgIpc) is 2.98. The quantitative estimate of drug-likeness (QED) is 0.0782. The van der Waals surface area contributed by atoms with Gasteiger partial charge < -0.3 is 54.3 Å². The van der Waals surface area contributed by atoms with Crippen LogP contribution in [-0.4, -0.2) is 116 Å². The normalized spacial score (nSPS) is 33.4. The van der Waals surface area contributed by atoms with E-state index in [1.54, 1.807) is 6.92 Å². The van der Waals surface area contributed by atoms with Crippen LogP contribution >= 0.6 is 0 Å². The molecule has 264 valence electrons. The lowest BCUT2D eigenvalue weighted by molar-refractivity contribution is -0.366. The van der Waals surface area contributed by atoms with Crippen molar-refractivity contribution in [2.45, 2.75) is 191 Å². The van der Waals surface area contributed by atoms with Crippen LogP contribution in [0.2, 0.25) is 0 Å². The molecule has 13 heteroatoms. The number of carboxylic acids is 1. The van der Waals surface area contributed by atoms with E-state index in [9.17, 15) is 40.2 Å². The fraction of sp³-hybridized carbons (Fsp3) is 0.938. The molecule has 0 aromatic carbocycles. The minimum Gasteiger partial charge on any atom is -0.481 e. The standard InChI is InChI=1S/C32H58O13/c1-5-7-9-11-13-15-21(17-23(33)34)43-24(35)18-22(16-14-12-10-8-6-2)44-32-30(28(39)26(37)20(4)42-32)45-31-29(40)27(38)25(36)19(3)41-31/h19-22,25-32,36-40H,5-18H2,1-4H3,(H,33,34)/t19-,20-,21+,22+,25+,26+,27+,28+,29+,30+,31+,32+/m0/s1. The number of hydrogen-bond acceptors (Lipinski definition) is 12. The lowest BCUT2D eigenvalue weighted by atomic mass is 9.97. The number of carbonyl (C=O) groups is 2. The van der Waals surface area contributed by atoms with Crippen LogP contribution in [0.3, 0.4) is 0 Å². The van der Waals surface area contributed by atoms with Crippen molar-refractivity contribution in [1.29, 1.82) is 0 Å². The highest BCUT2D eigenvalue weighted by molar-refractivity contribution is 5.72. The van der Waals surface area contributed by atoms with Gasteiger partial charge >= 0.3 is 11.9 Å². The molecule has 45 heavy (non-hydrogen) atoms. The monoisotopic (exact) mass is 650 g/mol. The molecular formula is C32H58O13. The number of hydrogen-bond donors (Lipinski definition) is 6. The first-order chi connectivity index (χ1) is 21.4. The van der Waals surface area contributed by atoms with E-state index in [0.717, 1.165) is 64.2 Å². The van der Waals surface area contributed by atoms with Crippen molar-refractivity contribution in [2.24, 2.45) is 0 Å². The molecule has 13 nitrogen and oxygen atoms in total. The lowest BCUT2D eigenvalue weighted by Gasteiger charge is -2.46. The molecule has 0 amide bonds. The molecule has 0 radical (unpaired) electrons. The zero-order valence-electron chi connectivity index (χ0n) is 27.4. The van der Waals surface area contributed by atoms with Crippen molar-refractivity contribution in [3.05, 3.63) is 0 Å². The summed E-state index contributed by atoms with van der Waals surface area (Å²) in [5.41, 5.74) is 0. The van der Waals surface area contributed by atoms with Gasteiger partial charge in [-0.15, -0.1) is 0 Å². The molecule has 0 unspecified atom stereocenters. The Morgan fingerprint density at radius 2 is 1.16 bits per heavy atom. The van der Waals surface area contributed by atoms with Crippen LogP contribution in [0.1, 0.15) is 118 Å². The number of rotatable bonds is 21. The number of aliphatic hydroxyl groups excluding tert-OH is 5. The zero-order valence-corrected chi connectivity index (χ0v) is 27.4. The summed E-state index contributed by atoms with van der Waals surface area (Å²) in [7, 11) is 0. The molecular weight excluding hydrogens is 592 g/mol. The third-order valence-electron chi connectivity index (χ3n) is 8.56. The summed E-state index contributed by atoms with van der Waals surface area (Å²) in [5.74, 6) is -1.67. The van der Waals surface area contributed by atoms with Crippen LogP contribution in [-0.2, 0) is 33.3 Å². The maximum absolute atomic E-state index is 13.1. The highest BCUT2D eigenvalue weighted by Gasteiger charge is 2.50. The highest BCUT2D eigenvalue weighted by atomic mass is 16.8. The second-order valence-corrected chi connectivity index (χ2v) is 12.6. The van der Waals surface area contributed by atoms with E-state index in [2.05, 4.69) is 13.8 Å². The van der Waals surface area contributed by atoms with Crippen molar-refractivity contribution >= 4 is 11.9 Å². The number of carboxylic acid groups (broad SMARTS) is 1. The molecule has 0 bridgehead atoms. The Labute approximate surface area is 267 Å². The minimum atomic E-state index is -1.67. The largest absolute Gasteiger partial charge is 0.481 e. The fourth-order valence-electron chi connectivity index (χ4n) is 5.71. The van der Waals surface area contributed by atoms with E-state index in [4.69, 9.17) is 23.7 Å². The van der Waals surface area contributed by atoms with Crippen LogP contribution < -0.4 is 0 Å². The second-order valence-electron chi connectivity index (χ2n) is 12.6. The van der Waals surface area contributed by atoms with Crippen molar-refractivity contribution in [1.82, 2.24) is 0 Å². The second kappa shape index (κ2) is 20.7. The Hall–Kier alpha value is -1.42. The van der Waals surface area contributed by atoms with Crippen molar-refractivity contribution < 1.29 is 63.9 Å². The van der Waals surface area contributed by atoms with E-state index < -0.39 is 85.6 Å². The summed E-state index contributed by atoms with van der Waals surface area (Å²) in [6, 6.07) is 0. The number of unbranched alkanes of at least 4 members (excludes halogenated alkanes) is 8. The Bertz CT molecular complexity index is 844. The Morgan fingerprint density at radius 1 is 0.644 bits per heavy atom. The molecule has 2 heterocycles. The summed E-state index contributed by atoms with van der Waals surface area (Å²) in [5, 5.41) is 61.7. The van der Waals surface area contributed by atoms with E-state index in [1.165, 1.54) is 6.92 Å². The number of aliphatic carboxylic acids is 1. The van der Waals surface area contributed by atoms with E-state index in [1.807, 2.05) is 0 Å². The summed E-state index contributed by atoms with van der Waals surface area (Å²) in [6.07, 6.45) is -5.07. The van der Waals surface area contributed by atoms with Gasteiger partial charge in [0.1, 0.15) is 42.7 Å². The molecule has 2 fully saturated rings. The molecule has 6 N–H and O–H groups in total. The van der Waals surface area contributed by atoms with Crippen LogP contribution in [0, 0.1) is 0 Å². The minimum absolute atomic E-state index is 0.205. The highest BCUT2D eigenvalue weighted by Crippen LogP contribution is 2.31. The van der Waals surface area contributed by atoms with Crippen LogP contribution in [0.25, 0.3) is 0 Å². The number of aliphatic hydroxyl groups is 5. The van der Waals surface area contributed by atoms with Crippen molar-refractivity contribution in [2.75, 3.05) is 0 Å². The van der Waals surface area contributed by atoms with Crippen LogP contribution in [0.4, 0.5) is 0 Å². The first kappa shape index (κ1) is 39.8. The first-order valence-electron chi connectivity index (χ1n) is 16.8. The van der Waals surface area contributed by atoms with E-state index in [-0.39, 0.29) is 12.8 Å². The SMILES string of the molecule is CCCCCCC[C@H](CC(=O)O)OC(=O)C[C@@H](CCCCCCC)O[C@H]1O[C@@H](C)[C@@H](O)[C@@H](O)[C@H]1O[C@H]1O[C@@H](C)[C@@H](O)[C@@H](O)[C@H]1O. The van der Waals surface area contributed by atoms with Gasteiger partial charge in [0.2, 0.25) is 0 Å². The Morgan fingerprint density at radius 3 is 1.71 bits per heavy atom. The molecule has 0 spiro atoms. The maximum atomic E-state index is 13.1. The van der Waals surface area contributed by atoms with Gasteiger partial charge in [0.05, 0.1) is 31.2 Å². The van der Waals surface area contributed by atoms with Gasteiger partial charge in [-0.25, -0.2) is 0 Å². The average molecular weight is 651 g/mol. The molecule has 2 rings (SSSR count). The number of ether oxygens (including phenoxy) is 5. The lowest BCUT2D eigenvalue weighted by Crippen LogP contribution is -2.63. The zero-order chi connectivity index (χ0) is 33.5. The van der Waals surface area contributed by atoms with Gasteiger partial charge in [0.15, 0.2) is 12.6 Å². The van der Waals surface area contributed by atoms with E-state index in [0.29, 0.717) is 12.8 Å². The van der Waals surface area contributed by atoms with E-state index >= 15 is 0 Å². The first-order valence-corrected chi connectivity index (χ1v) is 16.8. The van der Waals surface area contributed by atoms with Gasteiger partial charge in [-0.05, 0) is 33.1 Å². The molecule has 2 saturated heterocycles. The topological polar surface area (TPSA) is 202 Å². The number of esters is 1. The van der Waals surface area contributed by atoms with Crippen molar-refractivity contribution in [3.63, 3.8) is 0 Å². The molecule has 0 aromatic rings. The third-order valence-corrected chi connectivity index (χ3v) is 8.56.